The van der Waals surface area contributed by atoms with Crippen molar-refractivity contribution in [2.24, 2.45) is 0 Å². The van der Waals surface area contributed by atoms with E-state index in [0.717, 1.165) is 0 Å². The Bertz CT molecular complexity index is 458. The van der Waals surface area contributed by atoms with Gasteiger partial charge in [-0.1, -0.05) is 12.1 Å². The number of rotatable bonds is 4. The smallest absolute Gasteiger partial charge is 0.146 e. The van der Waals surface area contributed by atoms with Gasteiger partial charge in [0.25, 0.3) is 0 Å². The normalized spacial score (nSPS) is 19.6. The molecule has 2 N–H and O–H groups in total. The predicted molar refractivity (Wildman–Crippen MR) is 75.3 cm³/mol. The highest BCUT2D eigenvalue weighted by molar-refractivity contribution is 5.55. The summed E-state index contributed by atoms with van der Waals surface area (Å²) in [5.41, 5.74) is 0.0104. The number of anilines is 1. The van der Waals surface area contributed by atoms with Crippen LogP contribution in [0.25, 0.3) is 0 Å². The van der Waals surface area contributed by atoms with Gasteiger partial charge in [0.1, 0.15) is 5.82 Å². The first kappa shape index (κ1) is 15.2. The minimum Gasteiger partial charge on any atom is -0.389 e. The Kier molecular flexibility index (Phi) is 4.62. The van der Waals surface area contributed by atoms with Gasteiger partial charge in [0, 0.05) is 45.2 Å². The summed E-state index contributed by atoms with van der Waals surface area (Å²) in [5.74, 6) is -0.387. The van der Waals surface area contributed by atoms with Crippen molar-refractivity contribution in [1.29, 1.82) is 0 Å². The lowest BCUT2D eigenvalue weighted by Gasteiger charge is -2.37. The highest BCUT2D eigenvalue weighted by Crippen LogP contribution is 2.31. The van der Waals surface area contributed by atoms with Crippen LogP contribution in [0.5, 0.6) is 0 Å². The number of aliphatic hydroxyl groups excluding tert-OH is 1. The van der Waals surface area contributed by atoms with E-state index in [1.165, 1.54) is 6.07 Å². The molecule has 0 radical (unpaired) electrons. The first-order valence-electron chi connectivity index (χ1n) is 6.91. The third kappa shape index (κ3) is 3.29. The monoisotopic (exact) mass is 283 g/mol. The maximum atomic E-state index is 14.1. The second-order valence-corrected chi connectivity index (χ2v) is 5.55. The Morgan fingerprint density at radius 1 is 1.40 bits per heavy atom. The van der Waals surface area contributed by atoms with Crippen LogP contribution in [-0.4, -0.2) is 42.6 Å². The third-order valence-corrected chi connectivity index (χ3v) is 3.80. The molecule has 112 valence electrons. The van der Waals surface area contributed by atoms with Gasteiger partial charge in [-0.2, -0.15) is 0 Å². The van der Waals surface area contributed by atoms with Crippen molar-refractivity contribution in [2.75, 3.05) is 31.7 Å². The van der Waals surface area contributed by atoms with Crippen molar-refractivity contribution in [3.05, 3.63) is 29.6 Å². The summed E-state index contributed by atoms with van der Waals surface area (Å²) >= 11 is 0. The molecule has 1 fully saturated rings. The molecule has 0 amide bonds. The van der Waals surface area contributed by atoms with E-state index in [0.29, 0.717) is 43.9 Å². The molecule has 0 spiro atoms. The molecule has 0 aromatic heterocycles. The van der Waals surface area contributed by atoms with Crippen molar-refractivity contribution in [1.82, 2.24) is 0 Å². The minimum atomic E-state index is -0.870. The molecule has 1 saturated heterocycles. The van der Waals surface area contributed by atoms with Gasteiger partial charge in [-0.15, -0.1) is 0 Å². The van der Waals surface area contributed by atoms with Gasteiger partial charge in [0.05, 0.1) is 17.4 Å². The Balaban J connectivity index is 2.22. The van der Waals surface area contributed by atoms with Crippen molar-refractivity contribution >= 4 is 5.69 Å². The number of para-hydroxylation sites is 1. The van der Waals surface area contributed by atoms with E-state index in [2.05, 4.69) is 0 Å². The number of hydrogen-bond donors (Lipinski definition) is 2. The number of ether oxygens (including phenoxy) is 1. The van der Waals surface area contributed by atoms with Crippen LogP contribution in [0.15, 0.2) is 18.2 Å². The van der Waals surface area contributed by atoms with Gasteiger partial charge < -0.3 is 19.8 Å². The lowest BCUT2D eigenvalue weighted by molar-refractivity contribution is -0.0573. The molecule has 0 bridgehead atoms. The molecule has 4 nitrogen and oxygen atoms in total. The molecule has 1 heterocycles. The summed E-state index contributed by atoms with van der Waals surface area (Å²) in [4.78, 5) is 1.68. The summed E-state index contributed by atoms with van der Waals surface area (Å²) in [6, 6.07) is 4.65. The van der Waals surface area contributed by atoms with Crippen LogP contribution in [0.4, 0.5) is 10.1 Å². The van der Waals surface area contributed by atoms with E-state index in [4.69, 9.17) is 4.74 Å². The average molecular weight is 283 g/mol. The van der Waals surface area contributed by atoms with Crippen LogP contribution in [0.2, 0.25) is 0 Å². The lowest BCUT2D eigenvalue weighted by Crippen LogP contribution is -2.46. The number of aliphatic hydroxyl groups is 2. The number of hydrogen-bond acceptors (Lipinski definition) is 4. The standard InChI is InChI=1S/C15H22FNO3/c1-11(18)12-4-3-5-13(16)14(12)17(2)10-15(19)6-8-20-9-7-15/h3-5,11,18-19H,6-10H2,1-2H3/t11-/m0/s1. The Labute approximate surface area is 118 Å². The summed E-state index contributed by atoms with van der Waals surface area (Å²) < 4.78 is 19.3. The fourth-order valence-electron chi connectivity index (χ4n) is 2.70. The fraction of sp³-hybridized carbons (Fsp3) is 0.600. The SMILES string of the molecule is C[C@H](O)c1cccc(F)c1N(C)CC1(O)CCOCC1. The van der Waals surface area contributed by atoms with Gasteiger partial charge in [-0.05, 0) is 13.0 Å². The number of benzene rings is 1. The van der Waals surface area contributed by atoms with Crippen LogP contribution < -0.4 is 4.90 Å². The van der Waals surface area contributed by atoms with Crippen LogP contribution in [-0.2, 0) is 4.74 Å². The molecule has 0 aliphatic carbocycles. The topological polar surface area (TPSA) is 52.9 Å². The average Bonchev–Trinajstić information content (AvgIpc) is 2.38. The van der Waals surface area contributed by atoms with E-state index in [9.17, 15) is 14.6 Å². The summed E-state index contributed by atoms with van der Waals surface area (Å²) in [6.45, 7) is 2.96. The minimum absolute atomic E-state index is 0.316. The summed E-state index contributed by atoms with van der Waals surface area (Å²) in [5, 5.41) is 20.3. The molecule has 1 aromatic carbocycles. The molecule has 5 heteroatoms. The molecular formula is C15H22FNO3. The maximum absolute atomic E-state index is 14.1. The molecule has 0 unspecified atom stereocenters. The maximum Gasteiger partial charge on any atom is 0.146 e. The molecule has 1 aliphatic heterocycles. The third-order valence-electron chi connectivity index (χ3n) is 3.80. The quantitative estimate of drug-likeness (QED) is 0.885. The number of halogens is 1. The van der Waals surface area contributed by atoms with Crippen molar-refractivity contribution in [3.63, 3.8) is 0 Å². The zero-order chi connectivity index (χ0) is 14.8. The van der Waals surface area contributed by atoms with Crippen LogP contribution in [0, 0.1) is 5.82 Å². The van der Waals surface area contributed by atoms with E-state index < -0.39 is 11.7 Å². The molecule has 1 atom stereocenters. The zero-order valence-corrected chi connectivity index (χ0v) is 12.0. The zero-order valence-electron chi connectivity index (χ0n) is 12.0. The van der Waals surface area contributed by atoms with Gasteiger partial charge in [0.15, 0.2) is 0 Å². The van der Waals surface area contributed by atoms with Gasteiger partial charge in [0.2, 0.25) is 0 Å². The van der Waals surface area contributed by atoms with Crippen molar-refractivity contribution in [3.8, 4) is 0 Å². The Morgan fingerprint density at radius 3 is 2.65 bits per heavy atom. The number of nitrogens with zero attached hydrogens (tertiary/aromatic N) is 1. The van der Waals surface area contributed by atoms with E-state index in [1.807, 2.05) is 0 Å². The van der Waals surface area contributed by atoms with E-state index in [-0.39, 0.29) is 5.82 Å². The second kappa shape index (κ2) is 6.08. The molecule has 2 rings (SSSR count). The lowest BCUT2D eigenvalue weighted by atomic mass is 9.93. The van der Waals surface area contributed by atoms with Crippen LogP contribution in [0.3, 0.4) is 0 Å². The van der Waals surface area contributed by atoms with E-state index >= 15 is 0 Å². The molecule has 1 aromatic rings. The summed E-state index contributed by atoms with van der Waals surface area (Å²) in [7, 11) is 1.73. The molecular weight excluding hydrogens is 261 g/mol. The molecule has 0 saturated carbocycles. The van der Waals surface area contributed by atoms with Crippen LogP contribution in [0.1, 0.15) is 31.4 Å². The first-order valence-corrected chi connectivity index (χ1v) is 6.91. The van der Waals surface area contributed by atoms with Gasteiger partial charge in [-0.3, -0.25) is 0 Å². The second-order valence-electron chi connectivity index (χ2n) is 5.55. The number of likely N-dealkylation sites (N-methyl/N-ethyl adjacent to an activating group) is 1. The van der Waals surface area contributed by atoms with E-state index in [1.54, 1.807) is 31.0 Å². The molecule has 1 aliphatic rings. The predicted octanol–water partition coefficient (Wildman–Crippen LogP) is 1.86. The Morgan fingerprint density at radius 2 is 2.05 bits per heavy atom. The highest BCUT2D eigenvalue weighted by Gasteiger charge is 2.32. The summed E-state index contributed by atoms with van der Waals surface area (Å²) in [6.07, 6.45) is 0.318. The Hall–Kier alpha value is -1.17. The van der Waals surface area contributed by atoms with Crippen molar-refractivity contribution in [2.45, 2.75) is 31.5 Å². The molecule has 20 heavy (non-hydrogen) atoms. The highest BCUT2D eigenvalue weighted by atomic mass is 19.1. The van der Waals surface area contributed by atoms with Crippen LogP contribution >= 0.6 is 0 Å². The largest absolute Gasteiger partial charge is 0.389 e. The fourth-order valence-corrected chi connectivity index (χ4v) is 2.70. The van der Waals surface area contributed by atoms with Crippen molar-refractivity contribution < 1.29 is 19.3 Å². The van der Waals surface area contributed by atoms with Gasteiger partial charge in [-0.25, -0.2) is 4.39 Å². The van der Waals surface area contributed by atoms with Gasteiger partial charge >= 0.3 is 0 Å². The first-order chi connectivity index (χ1) is 9.43.